The summed E-state index contributed by atoms with van der Waals surface area (Å²) in [5.74, 6) is -0.924. The molecule has 4 rings (SSSR count). The van der Waals surface area contributed by atoms with Gasteiger partial charge in [0.15, 0.2) is 23.6 Å². The lowest BCUT2D eigenvalue weighted by atomic mass is 10.1. The van der Waals surface area contributed by atoms with Crippen molar-refractivity contribution in [2.45, 2.75) is 39.2 Å². The molecule has 2 heterocycles. The number of aliphatic hydroxyl groups excluding tert-OH is 1. The van der Waals surface area contributed by atoms with Gasteiger partial charge in [0.25, 0.3) is 0 Å². The minimum atomic E-state index is -4.96. The van der Waals surface area contributed by atoms with E-state index in [9.17, 15) is 27.9 Å². The highest BCUT2D eigenvalue weighted by Gasteiger charge is 2.39. The van der Waals surface area contributed by atoms with Gasteiger partial charge in [-0.3, -0.25) is 9.36 Å². The van der Waals surface area contributed by atoms with Crippen LogP contribution in [-0.4, -0.2) is 52.3 Å². The Morgan fingerprint density at radius 3 is 2.32 bits per heavy atom. The summed E-state index contributed by atoms with van der Waals surface area (Å²) < 4.78 is 42.2. The highest BCUT2D eigenvalue weighted by Crippen LogP contribution is 2.25. The first-order valence-electron chi connectivity index (χ1n) is 11.3. The molecule has 14 heteroatoms. The number of carbonyl (C=O) groups is 1. The number of ketones is 1. The summed E-state index contributed by atoms with van der Waals surface area (Å²) >= 11 is 12.2. The second-order valence-corrected chi connectivity index (χ2v) is 9.52. The molecule has 0 aliphatic carbocycles. The Bertz CT molecular complexity index is 1530. The van der Waals surface area contributed by atoms with Crippen LogP contribution < -0.4 is 5.69 Å². The number of aliphatic hydroxyl groups is 1. The molecular weight excluding hydrogens is 548 g/mol. The van der Waals surface area contributed by atoms with Crippen molar-refractivity contribution in [1.82, 2.24) is 29.1 Å². The standard InChI is InChI=1S/C24H21Cl2F3N6O3/c1-13(2)20(37)22-30-19(31-35(22)17-6-4-3-5-16(17)26)12-34-23(38)33(11-18(36)24(27,28)29)21(32-34)14-7-9-15(25)10-8-14/h3-10,13,18,36H,11-12H2,1-2H3. The minimum Gasteiger partial charge on any atom is -0.382 e. The van der Waals surface area contributed by atoms with Crippen molar-refractivity contribution in [3.05, 3.63) is 80.7 Å². The Hall–Kier alpha value is -3.48. The van der Waals surface area contributed by atoms with Gasteiger partial charge in [0.05, 0.1) is 17.3 Å². The van der Waals surface area contributed by atoms with Crippen LogP contribution in [0, 0.1) is 5.92 Å². The zero-order valence-electron chi connectivity index (χ0n) is 20.0. The maximum atomic E-state index is 13.2. The monoisotopic (exact) mass is 568 g/mol. The quantitative estimate of drug-likeness (QED) is 0.315. The second-order valence-electron chi connectivity index (χ2n) is 8.67. The lowest BCUT2D eigenvalue weighted by Gasteiger charge is -2.15. The number of para-hydroxylation sites is 1. The SMILES string of the molecule is CC(C)C(=O)c1nc(Cn2nc(-c3ccc(Cl)cc3)n(CC(O)C(F)(F)F)c2=O)nn1-c1ccccc1Cl. The van der Waals surface area contributed by atoms with Crippen LogP contribution >= 0.6 is 23.2 Å². The van der Waals surface area contributed by atoms with Crippen molar-refractivity contribution in [3.63, 3.8) is 0 Å². The molecule has 0 saturated carbocycles. The minimum absolute atomic E-state index is 0.000282. The Balaban J connectivity index is 1.80. The van der Waals surface area contributed by atoms with E-state index in [4.69, 9.17) is 23.2 Å². The number of hydrogen-bond acceptors (Lipinski definition) is 6. The molecule has 0 aliphatic heterocycles. The normalized spacial score (nSPS) is 12.8. The zero-order valence-corrected chi connectivity index (χ0v) is 21.5. The maximum Gasteiger partial charge on any atom is 0.416 e. The number of alkyl halides is 3. The van der Waals surface area contributed by atoms with Crippen LogP contribution in [-0.2, 0) is 13.1 Å². The van der Waals surface area contributed by atoms with Crippen molar-refractivity contribution in [3.8, 4) is 17.1 Å². The molecular formula is C24H21Cl2F3N6O3. The van der Waals surface area contributed by atoms with E-state index in [0.29, 0.717) is 25.9 Å². The smallest absolute Gasteiger partial charge is 0.382 e. The Labute approximate surface area is 224 Å². The van der Waals surface area contributed by atoms with Crippen molar-refractivity contribution in [2.75, 3.05) is 0 Å². The van der Waals surface area contributed by atoms with E-state index in [1.807, 2.05) is 0 Å². The molecule has 200 valence electrons. The molecule has 0 spiro atoms. The van der Waals surface area contributed by atoms with Gasteiger partial charge < -0.3 is 5.11 Å². The predicted octanol–water partition coefficient (Wildman–Crippen LogP) is 4.41. The molecule has 1 atom stereocenters. The molecule has 9 nitrogen and oxygen atoms in total. The first kappa shape index (κ1) is 27.6. The van der Waals surface area contributed by atoms with E-state index in [-0.39, 0.29) is 29.8 Å². The van der Waals surface area contributed by atoms with Crippen molar-refractivity contribution in [2.24, 2.45) is 5.92 Å². The highest BCUT2D eigenvalue weighted by atomic mass is 35.5. The van der Waals surface area contributed by atoms with Gasteiger partial charge >= 0.3 is 11.9 Å². The van der Waals surface area contributed by atoms with E-state index >= 15 is 0 Å². The molecule has 2 aromatic heterocycles. The number of halogens is 5. The fourth-order valence-electron chi connectivity index (χ4n) is 3.56. The molecule has 0 aliphatic rings. The van der Waals surface area contributed by atoms with Gasteiger partial charge in [-0.2, -0.15) is 13.2 Å². The molecule has 4 aromatic rings. The van der Waals surface area contributed by atoms with Gasteiger partial charge in [-0.05, 0) is 36.4 Å². The number of Topliss-reactive ketones (excluding diaryl/α,β-unsaturated/α-hetero) is 1. The van der Waals surface area contributed by atoms with Gasteiger partial charge in [-0.15, -0.1) is 10.2 Å². The Kier molecular flexibility index (Phi) is 7.77. The Morgan fingerprint density at radius 2 is 1.71 bits per heavy atom. The van der Waals surface area contributed by atoms with Crippen LogP contribution in [0.1, 0.15) is 30.3 Å². The van der Waals surface area contributed by atoms with Gasteiger partial charge in [-0.25, -0.2) is 19.1 Å². The number of aromatic nitrogens is 6. The van der Waals surface area contributed by atoms with Crippen LogP contribution in [0.15, 0.2) is 53.3 Å². The molecule has 0 bridgehead atoms. The van der Waals surface area contributed by atoms with E-state index in [0.717, 1.165) is 4.68 Å². The highest BCUT2D eigenvalue weighted by molar-refractivity contribution is 6.32. The summed E-state index contributed by atoms with van der Waals surface area (Å²) in [7, 11) is 0. The summed E-state index contributed by atoms with van der Waals surface area (Å²) in [4.78, 5) is 30.3. The summed E-state index contributed by atoms with van der Waals surface area (Å²) in [6, 6.07) is 12.6. The zero-order chi connectivity index (χ0) is 27.8. The summed E-state index contributed by atoms with van der Waals surface area (Å²) in [5, 5.41) is 18.9. The molecule has 0 radical (unpaired) electrons. The lowest BCUT2D eigenvalue weighted by molar-refractivity contribution is -0.207. The number of carbonyl (C=O) groups excluding carboxylic acids is 1. The van der Waals surface area contributed by atoms with E-state index < -0.39 is 30.4 Å². The third-order valence-electron chi connectivity index (χ3n) is 5.53. The van der Waals surface area contributed by atoms with E-state index in [2.05, 4.69) is 15.2 Å². The number of nitrogens with zero attached hydrogens (tertiary/aromatic N) is 6. The van der Waals surface area contributed by atoms with Gasteiger partial charge in [0.2, 0.25) is 5.78 Å². The fourth-order valence-corrected chi connectivity index (χ4v) is 3.90. The average molecular weight is 569 g/mol. The average Bonchev–Trinajstić information content (AvgIpc) is 3.40. The first-order chi connectivity index (χ1) is 17.9. The van der Waals surface area contributed by atoms with Crippen molar-refractivity contribution in [1.29, 1.82) is 0 Å². The van der Waals surface area contributed by atoms with E-state index in [1.54, 1.807) is 38.1 Å². The van der Waals surface area contributed by atoms with Crippen LogP contribution in [0.25, 0.3) is 17.1 Å². The molecule has 1 N–H and O–H groups in total. The summed E-state index contributed by atoms with van der Waals surface area (Å²) in [5.41, 5.74) is -0.265. The van der Waals surface area contributed by atoms with Crippen molar-refractivity contribution >= 4 is 29.0 Å². The first-order valence-corrected chi connectivity index (χ1v) is 12.1. The predicted molar refractivity (Wildman–Crippen MR) is 134 cm³/mol. The molecule has 2 aromatic carbocycles. The largest absolute Gasteiger partial charge is 0.416 e. The number of rotatable bonds is 8. The third-order valence-corrected chi connectivity index (χ3v) is 6.10. The molecule has 38 heavy (non-hydrogen) atoms. The van der Waals surface area contributed by atoms with Gasteiger partial charge in [0.1, 0.15) is 6.54 Å². The van der Waals surface area contributed by atoms with Gasteiger partial charge in [0, 0.05) is 16.5 Å². The van der Waals surface area contributed by atoms with Crippen LogP contribution in [0.5, 0.6) is 0 Å². The Morgan fingerprint density at radius 1 is 1.05 bits per heavy atom. The topological polar surface area (TPSA) is 108 Å². The fraction of sp³-hybridized carbons (Fsp3) is 0.292. The molecule has 0 fully saturated rings. The van der Waals surface area contributed by atoms with Crippen LogP contribution in [0.3, 0.4) is 0 Å². The molecule has 1 unspecified atom stereocenters. The van der Waals surface area contributed by atoms with E-state index in [1.165, 1.54) is 28.9 Å². The summed E-state index contributed by atoms with van der Waals surface area (Å²) in [6.07, 6.45) is -7.77. The van der Waals surface area contributed by atoms with Gasteiger partial charge in [-0.1, -0.05) is 49.2 Å². The number of hydrogen-bond donors (Lipinski definition) is 1. The second kappa shape index (κ2) is 10.7. The lowest BCUT2D eigenvalue weighted by Crippen LogP contribution is -2.37. The maximum absolute atomic E-state index is 13.2. The van der Waals surface area contributed by atoms with Crippen LogP contribution in [0.4, 0.5) is 13.2 Å². The van der Waals surface area contributed by atoms with Crippen LogP contribution in [0.2, 0.25) is 10.0 Å². The van der Waals surface area contributed by atoms with Crippen molar-refractivity contribution < 1.29 is 23.1 Å². The summed E-state index contributed by atoms with van der Waals surface area (Å²) in [6.45, 7) is 1.91. The number of benzene rings is 2. The third kappa shape index (κ3) is 5.66. The molecule has 0 saturated heterocycles. The molecule has 0 amide bonds.